The molecule has 0 aliphatic carbocycles. The van der Waals surface area contributed by atoms with Gasteiger partial charge in [-0.05, 0) is 18.9 Å². The van der Waals surface area contributed by atoms with Gasteiger partial charge >= 0.3 is 6.03 Å². The molecular formula is C17H23N5O2S. The van der Waals surface area contributed by atoms with E-state index in [4.69, 9.17) is 0 Å². The fourth-order valence-electron chi connectivity index (χ4n) is 2.15. The Hall–Kier alpha value is -2.48. The number of amides is 3. The molecule has 0 saturated carbocycles. The second kappa shape index (κ2) is 8.06. The number of anilines is 1. The fourth-order valence-corrected chi connectivity index (χ4v) is 2.89. The topological polar surface area (TPSA) is 87.2 Å². The zero-order chi connectivity index (χ0) is 18.6. The maximum absolute atomic E-state index is 12.5. The number of carbonyl (C=O) groups excluding carboxylic acids is 2. The largest absolute Gasteiger partial charge is 0.331 e. The van der Waals surface area contributed by atoms with Crippen LogP contribution in [0.5, 0.6) is 0 Å². The van der Waals surface area contributed by atoms with Crippen LogP contribution >= 0.6 is 11.3 Å². The van der Waals surface area contributed by atoms with E-state index in [2.05, 4.69) is 20.8 Å². The molecule has 0 saturated heterocycles. The van der Waals surface area contributed by atoms with E-state index in [0.717, 1.165) is 16.1 Å². The Morgan fingerprint density at radius 1 is 1.20 bits per heavy atom. The molecule has 1 heterocycles. The Bertz CT molecular complexity index is 757. The zero-order valence-corrected chi connectivity index (χ0v) is 15.8. The summed E-state index contributed by atoms with van der Waals surface area (Å²) in [6.45, 7) is 5.75. The molecule has 0 fully saturated rings. The van der Waals surface area contributed by atoms with Crippen LogP contribution in [0.2, 0.25) is 0 Å². The smallest absolute Gasteiger partial charge is 0.317 e. The van der Waals surface area contributed by atoms with E-state index in [1.807, 2.05) is 45.0 Å². The minimum absolute atomic E-state index is 0.0620. The van der Waals surface area contributed by atoms with E-state index in [0.29, 0.717) is 5.13 Å². The van der Waals surface area contributed by atoms with Crippen molar-refractivity contribution in [3.8, 4) is 10.6 Å². The van der Waals surface area contributed by atoms with Crippen LogP contribution in [0.25, 0.3) is 10.6 Å². The average Bonchev–Trinajstić information content (AvgIpc) is 3.00. The van der Waals surface area contributed by atoms with Crippen molar-refractivity contribution in [2.75, 3.05) is 19.4 Å². The number of benzene rings is 1. The van der Waals surface area contributed by atoms with Crippen LogP contribution in [0.15, 0.2) is 24.3 Å². The summed E-state index contributed by atoms with van der Waals surface area (Å²) in [4.78, 5) is 25.7. The Labute approximate surface area is 151 Å². The van der Waals surface area contributed by atoms with Crippen LogP contribution in [0.3, 0.4) is 0 Å². The highest BCUT2D eigenvalue weighted by atomic mass is 32.1. The second-order valence-corrected chi connectivity index (χ2v) is 7.31. The van der Waals surface area contributed by atoms with Crippen molar-refractivity contribution >= 4 is 28.4 Å². The number of nitrogens with one attached hydrogen (secondary N) is 2. The molecule has 0 bridgehead atoms. The molecule has 0 spiro atoms. The van der Waals surface area contributed by atoms with Crippen LogP contribution in [0.4, 0.5) is 9.93 Å². The number of aryl methyl sites for hydroxylation is 1. The maximum atomic E-state index is 12.5. The van der Waals surface area contributed by atoms with Crippen molar-refractivity contribution in [2.24, 2.45) is 5.92 Å². The predicted molar refractivity (Wildman–Crippen MR) is 99.6 cm³/mol. The molecular weight excluding hydrogens is 338 g/mol. The minimum Gasteiger partial charge on any atom is -0.331 e. The van der Waals surface area contributed by atoms with E-state index in [9.17, 15) is 9.59 Å². The third kappa shape index (κ3) is 4.99. The van der Waals surface area contributed by atoms with Crippen LogP contribution < -0.4 is 10.6 Å². The van der Waals surface area contributed by atoms with E-state index >= 15 is 0 Å². The number of nitrogens with zero attached hydrogens (tertiary/aromatic N) is 3. The lowest BCUT2D eigenvalue weighted by Crippen LogP contribution is -2.50. The van der Waals surface area contributed by atoms with Gasteiger partial charge in [-0.1, -0.05) is 48.9 Å². The Balaban J connectivity index is 2.10. The molecule has 2 aromatic rings. The first-order valence-corrected chi connectivity index (χ1v) is 8.78. The van der Waals surface area contributed by atoms with Gasteiger partial charge in [-0.3, -0.25) is 10.1 Å². The van der Waals surface area contributed by atoms with Gasteiger partial charge in [0.25, 0.3) is 0 Å². The van der Waals surface area contributed by atoms with E-state index in [-0.39, 0.29) is 17.9 Å². The first-order chi connectivity index (χ1) is 11.8. The number of urea groups is 1. The molecule has 0 radical (unpaired) electrons. The Kier molecular flexibility index (Phi) is 6.08. The molecule has 3 amide bonds. The number of rotatable bonds is 5. The van der Waals surface area contributed by atoms with Gasteiger partial charge in [-0.25, -0.2) is 4.79 Å². The molecule has 2 N–H and O–H groups in total. The van der Waals surface area contributed by atoms with Crippen LogP contribution in [0, 0.1) is 12.8 Å². The third-order valence-corrected chi connectivity index (χ3v) is 4.44. The van der Waals surface area contributed by atoms with Gasteiger partial charge in [0, 0.05) is 19.7 Å². The van der Waals surface area contributed by atoms with Crippen molar-refractivity contribution in [3.63, 3.8) is 0 Å². The summed E-state index contributed by atoms with van der Waals surface area (Å²) in [5, 5.41) is 14.8. The molecule has 1 atom stereocenters. The highest BCUT2D eigenvalue weighted by Crippen LogP contribution is 2.27. The Morgan fingerprint density at radius 2 is 1.92 bits per heavy atom. The summed E-state index contributed by atoms with van der Waals surface area (Å²) in [5.41, 5.74) is 2.09. The second-order valence-electron chi connectivity index (χ2n) is 6.34. The lowest BCUT2D eigenvalue weighted by molar-refractivity contribution is -0.118. The van der Waals surface area contributed by atoms with Crippen molar-refractivity contribution in [1.82, 2.24) is 20.4 Å². The molecule has 7 nitrogen and oxygen atoms in total. The van der Waals surface area contributed by atoms with Crippen molar-refractivity contribution < 1.29 is 9.59 Å². The van der Waals surface area contributed by atoms with Crippen LogP contribution in [-0.2, 0) is 4.79 Å². The van der Waals surface area contributed by atoms with Crippen LogP contribution in [-0.4, -0.2) is 47.2 Å². The fraction of sp³-hybridized carbons (Fsp3) is 0.412. The Morgan fingerprint density at radius 3 is 2.52 bits per heavy atom. The third-order valence-electron chi connectivity index (χ3n) is 3.55. The van der Waals surface area contributed by atoms with Crippen molar-refractivity contribution in [2.45, 2.75) is 26.8 Å². The lowest BCUT2D eigenvalue weighted by Gasteiger charge is -2.23. The summed E-state index contributed by atoms with van der Waals surface area (Å²) in [6.07, 6.45) is 0. The highest BCUT2D eigenvalue weighted by Gasteiger charge is 2.25. The molecule has 134 valence electrons. The average molecular weight is 361 g/mol. The summed E-state index contributed by atoms with van der Waals surface area (Å²) in [7, 11) is 3.26. The van der Waals surface area contributed by atoms with Gasteiger partial charge in [-0.15, -0.1) is 10.2 Å². The highest BCUT2D eigenvalue weighted by molar-refractivity contribution is 7.18. The van der Waals surface area contributed by atoms with Crippen molar-refractivity contribution in [3.05, 3.63) is 29.8 Å². The SMILES string of the molecule is Cc1cccc(-c2nnc(NC(=O)C(NC(=O)N(C)C)C(C)C)s2)c1. The zero-order valence-electron chi connectivity index (χ0n) is 15.0. The summed E-state index contributed by atoms with van der Waals surface area (Å²) >= 11 is 1.30. The van der Waals surface area contributed by atoms with Gasteiger partial charge in [-0.2, -0.15) is 0 Å². The summed E-state index contributed by atoms with van der Waals surface area (Å²) in [6, 6.07) is 6.96. The van der Waals surface area contributed by atoms with Gasteiger partial charge in [0.15, 0.2) is 0 Å². The number of hydrogen-bond acceptors (Lipinski definition) is 5. The van der Waals surface area contributed by atoms with E-state index in [1.165, 1.54) is 16.2 Å². The number of hydrogen-bond donors (Lipinski definition) is 2. The van der Waals surface area contributed by atoms with E-state index < -0.39 is 6.04 Å². The number of carbonyl (C=O) groups is 2. The lowest BCUT2D eigenvalue weighted by atomic mass is 10.0. The van der Waals surface area contributed by atoms with Crippen molar-refractivity contribution in [1.29, 1.82) is 0 Å². The maximum Gasteiger partial charge on any atom is 0.317 e. The molecule has 8 heteroatoms. The molecule has 2 rings (SSSR count). The molecule has 0 aliphatic heterocycles. The normalized spacial score (nSPS) is 11.9. The predicted octanol–water partition coefficient (Wildman–Crippen LogP) is 2.75. The summed E-state index contributed by atoms with van der Waals surface area (Å²) < 4.78 is 0. The van der Waals surface area contributed by atoms with Gasteiger partial charge in [0.05, 0.1) is 0 Å². The van der Waals surface area contributed by atoms with Gasteiger partial charge in [0.2, 0.25) is 11.0 Å². The first-order valence-electron chi connectivity index (χ1n) is 7.97. The molecule has 1 unspecified atom stereocenters. The summed E-state index contributed by atoms with van der Waals surface area (Å²) in [5.74, 6) is -0.370. The molecule has 1 aromatic carbocycles. The van der Waals surface area contributed by atoms with Gasteiger partial charge in [0.1, 0.15) is 11.0 Å². The molecule has 0 aliphatic rings. The van der Waals surface area contributed by atoms with Crippen LogP contribution in [0.1, 0.15) is 19.4 Å². The monoisotopic (exact) mass is 361 g/mol. The number of aromatic nitrogens is 2. The standard InChI is InChI=1S/C17H23N5O2S/c1-10(2)13(18-17(24)22(4)5)14(23)19-16-21-20-15(25-16)12-8-6-7-11(3)9-12/h6-10,13H,1-5H3,(H,18,24)(H,19,21,23). The quantitative estimate of drug-likeness (QED) is 0.857. The van der Waals surface area contributed by atoms with Gasteiger partial charge < -0.3 is 10.2 Å². The molecule has 1 aromatic heterocycles. The van der Waals surface area contributed by atoms with E-state index in [1.54, 1.807) is 14.1 Å². The first kappa shape index (κ1) is 18.9. The molecule has 25 heavy (non-hydrogen) atoms. The minimum atomic E-state index is -0.652.